The smallest absolute Gasteiger partial charge is 0.351 e. The van der Waals surface area contributed by atoms with E-state index in [1.165, 1.54) is 18.2 Å². The summed E-state index contributed by atoms with van der Waals surface area (Å²) in [5.41, 5.74) is 3.14. The van der Waals surface area contributed by atoms with Gasteiger partial charge in [-0.15, -0.1) is 0 Å². The van der Waals surface area contributed by atoms with Crippen LogP contribution in [0.3, 0.4) is 0 Å². The number of rotatable bonds is 7. The lowest BCUT2D eigenvalue weighted by molar-refractivity contribution is -0.148. The van der Waals surface area contributed by atoms with Gasteiger partial charge in [0.15, 0.2) is 0 Å². The molecule has 1 aliphatic heterocycles. The Labute approximate surface area is 231 Å². The molecule has 38 heavy (non-hydrogen) atoms. The second kappa shape index (κ2) is 10.4. The summed E-state index contributed by atoms with van der Waals surface area (Å²) in [6.45, 7) is 0.0820. The van der Waals surface area contributed by atoms with Gasteiger partial charge in [-0.3, -0.25) is 0 Å². The summed E-state index contributed by atoms with van der Waals surface area (Å²) in [5.74, 6) is -0.978. The van der Waals surface area contributed by atoms with Gasteiger partial charge < -0.3 is 9.47 Å². The van der Waals surface area contributed by atoms with Gasteiger partial charge in [0, 0.05) is 10.6 Å². The van der Waals surface area contributed by atoms with Crippen molar-refractivity contribution in [1.29, 1.82) is 0 Å². The van der Waals surface area contributed by atoms with Gasteiger partial charge in [-0.25, -0.2) is 17.5 Å². The quantitative estimate of drug-likeness (QED) is 0.143. The lowest BCUT2D eigenvalue weighted by atomic mass is 10.1. The van der Waals surface area contributed by atoms with Crippen LogP contribution in [0.2, 0.25) is 5.02 Å². The van der Waals surface area contributed by atoms with Crippen LogP contribution in [0.5, 0.6) is 0 Å². The van der Waals surface area contributed by atoms with Gasteiger partial charge in [0.25, 0.3) is 15.0 Å². The molecule has 0 saturated heterocycles. The average Bonchev–Trinajstić information content (AvgIpc) is 3.20. The van der Waals surface area contributed by atoms with Gasteiger partial charge in [-0.1, -0.05) is 102 Å². The number of benzene rings is 4. The van der Waals surface area contributed by atoms with E-state index in [4.69, 9.17) is 32.7 Å². The molecule has 0 saturated carbocycles. The largest absolute Gasteiger partial charge is 0.466 e. The summed E-state index contributed by atoms with van der Waals surface area (Å²) in [7, 11) is -3.24. The van der Waals surface area contributed by atoms with Gasteiger partial charge in [0.2, 0.25) is 0 Å². The predicted octanol–water partition coefficient (Wildman–Crippen LogP) is 6.58. The molecule has 6 nitrogen and oxygen atoms in total. The number of methoxy groups -OCH3 is 1. The lowest BCUT2D eigenvalue weighted by Gasteiger charge is -2.34. The number of ether oxygens (including phenoxy) is 2. The molecule has 0 spiro atoms. The van der Waals surface area contributed by atoms with Crippen molar-refractivity contribution in [2.75, 3.05) is 11.4 Å². The zero-order valence-electron chi connectivity index (χ0n) is 20.3. The summed E-state index contributed by atoms with van der Waals surface area (Å²) in [6.07, 6.45) is -1.18. The molecule has 1 heterocycles. The molecule has 1 aliphatic rings. The number of sulfonamides is 1. The van der Waals surface area contributed by atoms with Crippen LogP contribution in [0.1, 0.15) is 17.2 Å². The number of carbonyl (C=O) groups is 1. The highest BCUT2D eigenvalue weighted by Gasteiger charge is 2.62. The number of alkyl halides is 1. The van der Waals surface area contributed by atoms with E-state index in [0.29, 0.717) is 5.56 Å². The Hall–Kier alpha value is -3.36. The normalized spacial score (nSPS) is 18.7. The Morgan fingerprint density at radius 3 is 2.13 bits per heavy atom. The first-order valence-electron chi connectivity index (χ1n) is 11.7. The van der Waals surface area contributed by atoms with Crippen molar-refractivity contribution in [3.05, 3.63) is 119 Å². The van der Waals surface area contributed by atoms with E-state index in [-0.39, 0.29) is 22.2 Å². The van der Waals surface area contributed by atoms with Gasteiger partial charge in [-0.2, -0.15) is 0 Å². The number of halogens is 2. The summed E-state index contributed by atoms with van der Waals surface area (Å²) in [6, 6.07) is 29.9. The number of fused-ring (bicyclic) bond motifs is 1. The third kappa shape index (κ3) is 4.56. The zero-order chi connectivity index (χ0) is 26.9. The van der Waals surface area contributed by atoms with E-state index in [2.05, 4.69) is 0 Å². The van der Waals surface area contributed by atoms with Crippen molar-refractivity contribution in [3.63, 3.8) is 0 Å². The minimum atomic E-state index is -4.38. The minimum Gasteiger partial charge on any atom is -0.466 e. The topological polar surface area (TPSA) is 72.9 Å². The van der Waals surface area contributed by atoms with Crippen molar-refractivity contribution < 1.29 is 22.7 Å². The van der Waals surface area contributed by atoms with Crippen molar-refractivity contribution >= 4 is 44.9 Å². The molecule has 0 aliphatic carbocycles. The molecule has 0 bridgehead atoms. The van der Waals surface area contributed by atoms with Gasteiger partial charge in [-0.05, 0) is 41.0 Å². The molecule has 0 N–H and O–H groups in total. The number of carbonyl (C=O) groups excluding carboxylic acids is 1. The maximum Gasteiger partial charge on any atom is 0.351 e. The number of hydrogen-bond acceptors (Lipinski definition) is 5. The van der Waals surface area contributed by atoms with Crippen molar-refractivity contribution in [3.8, 4) is 11.1 Å². The summed E-state index contributed by atoms with van der Waals surface area (Å²) in [5, 5.41) is 0.274. The second-order valence-corrected chi connectivity index (χ2v) is 11.5. The highest BCUT2D eigenvalue weighted by Crippen LogP contribution is 2.54. The highest BCUT2D eigenvalue weighted by molar-refractivity contribution is 7.93. The molecular weight excluding hydrogens is 545 g/mol. The molecule has 0 fully saturated rings. The summed E-state index contributed by atoms with van der Waals surface area (Å²) < 4.78 is 40.3. The molecule has 0 radical (unpaired) electrons. The van der Waals surface area contributed by atoms with E-state index >= 15 is 0 Å². The van der Waals surface area contributed by atoms with Gasteiger partial charge in [0.05, 0.1) is 24.3 Å². The molecule has 2 atom stereocenters. The molecule has 0 amide bonds. The van der Waals surface area contributed by atoms with E-state index in [1.807, 2.05) is 60.7 Å². The van der Waals surface area contributed by atoms with E-state index in [9.17, 15) is 13.2 Å². The monoisotopic (exact) mass is 567 g/mol. The first-order valence-corrected chi connectivity index (χ1v) is 13.9. The fourth-order valence-corrected chi connectivity index (χ4v) is 6.96. The molecule has 194 valence electrons. The van der Waals surface area contributed by atoms with Crippen LogP contribution in [0.15, 0.2) is 108 Å². The molecule has 0 aromatic heterocycles. The molecule has 4 aromatic carbocycles. The fraction of sp³-hybridized carbons (Fsp3) is 0.138. The third-order valence-corrected chi connectivity index (χ3v) is 9.06. The Bertz CT molecular complexity index is 1560. The van der Waals surface area contributed by atoms with Gasteiger partial charge in [0.1, 0.15) is 6.10 Å². The number of esters is 1. The van der Waals surface area contributed by atoms with E-state index < -0.39 is 27.1 Å². The summed E-state index contributed by atoms with van der Waals surface area (Å²) in [4.78, 5) is 11.0. The van der Waals surface area contributed by atoms with Crippen LogP contribution in [0, 0.1) is 0 Å². The van der Waals surface area contributed by atoms with Crippen LogP contribution in [0.4, 0.5) is 5.69 Å². The third-order valence-electron chi connectivity index (χ3n) is 6.37. The molecule has 2 unspecified atom stereocenters. The van der Waals surface area contributed by atoms with Crippen molar-refractivity contribution in [1.82, 2.24) is 0 Å². The first-order chi connectivity index (χ1) is 18.3. The first kappa shape index (κ1) is 26.3. The number of anilines is 1. The number of nitrogens with zero attached hydrogens (tertiary/aromatic N) is 1. The van der Waals surface area contributed by atoms with Crippen molar-refractivity contribution in [2.45, 2.75) is 22.6 Å². The standard InChI is InChI=1S/C29H23Cl2NO5S/c1-36-28(33)29(31)27(37-19-20-8-4-2-5-9-20)25-17-14-23(30)18-26(25)32(29)38(34,35)24-15-12-22(13-16-24)21-10-6-3-7-11-21/h2-18,27H,19H2,1H3. The Kier molecular flexibility index (Phi) is 7.20. The van der Waals surface area contributed by atoms with E-state index in [0.717, 1.165) is 28.1 Å². The molecule has 9 heteroatoms. The van der Waals surface area contributed by atoms with Crippen LogP contribution in [-0.4, -0.2) is 26.5 Å². The van der Waals surface area contributed by atoms with Crippen LogP contribution in [-0.2, 0) is 30.9 Å². The minimum absolute atomic E-state index is 0.0549. The SMILES string of the molecule is COC(=O)C1(Cl)C(OCc2ccccc2)c2ccc(Cl)cc2N1S(=O)(=O)c1ccc(-c2ccccc2)cc1. The lowest BCUT2D eigenvalue weighted by Crippen LogP contribution is -2.54. The second-order valence-electron chi connectivity index (χ2n) is 8.70. The maximum absolute atomic E-state index is 14.1. The Balaban J connectivity index is 1.60. The van der Waals surface area contributed by atoms with Crippen LogP contribution >= 0.6 is 23.2 Å². The molecule has 5 rings (SSSR count). The zero-order valence-corrected chi connectivity index (χ0v) is 22.6. The van der Waals surface area contributed by atoms with Crippen molar-refractivity contribution in [2.24, 2.45) is 0 Å². The molecule has 4 aromatic rings. The highest BCUT2D eigenvalue weighted by atomic mass is 35.5. The van der Waals surface area contributed by atoms with Crippen LogP contribution < -0.4 is 4.31 Å². The van der Waals surface area contributed by atoms with Gasteiger partial charge >= 0.3 is 5.97 Å². The predicted molar refractivity (Wildman–Crippen MR) is 148 cm³/mol. The summed E-state index contributed by atoms with van der Waals surface area (Å²) >= 11 is 13.3. The Morgan fingerprint density at radius 2 is 1.50 bits per heavy atom. The molecular formula is C29H23Cl2NO5S. The average molecular weight is 568 g/mol. The fourth-order valence-electron chi connectivity index (χ4n) is 4.55. The maximum atomic E-state index is 14.1. The van der Waals surface area contributed by atoms with Crippen LogP contribution in [0.25, 0.3) is 11.1 Å². The van der Waals surface area contributed by atoms with E-state index in [1.54, 1.807) is 24.3 Å². The number of hydrogen-bond donors (Lipinski definition) is 0. The Morgan fingerprint density at radius 1 is 0.895 bits per heavy atom.